The van der Waals surface area contributed by atoms with Crippen LogP contribution in [0.5, 0.6) is 0 Å². The lowest BCUT2D eigenvalue weighted by molar-refractivity contribution is 1.16. The molecule has 56 heavy (non-hydrogen) atoms. The molecule has 0 unspecified atom stereocenters. The van der Waals surface area contributed by atoms with Gasteiger partial charge in [0.25, 0.3) is 0 Å². The highest BCUT2D eigenvalue weighted by Gasteiger charge is 2.28. The van der Waals surface area contributed by atoms with Crippen LogP contribution in [0, 0.1) is 0 Å². The van der Waals surface area contributed by atoms with Crippen LogP contribution in [0.3, 0.4) is 0 Å². The van der Waals surface area contributed by atoms with Gasteiger partial charge < -0.3 is 9.47 Å². The lowest BCUT2D eigenvalue weighted by Gasteiger charge is -2.27. The molecule has 0 radical (unpaired) electrons. The molecule has 8 aromatic carbocycles. The van der Waals surface area contributed by atoms with E-state index in [1.54, 1.807) is 0 Å². The van der Waals surface area contributed by atoms with E-state index < -0.39 is 0 Å². The van der Waals surface area contributed by atoms with Crippen LogP contribution in [0.1, 0.15) is 0 Å². The minimum atomic E-state index is 0.687. The monoisotopic (exact) mass is 714 g/mol. The van der Waals surface area contributed by atoms with E-state index in [0.717, 1.165) is 61.9 Å². The highest BCUT2D eigenvalue weighted by molar-refractivity contribution is 6.14. The van der Waals surface area contributed by atoms with Crippen molar-refractivity contribution in [3.8, 4) is 61.8 Å². The topological polar surface area (TPSA) is 34.0 Å². The van der Waals surface area contributed by atoms with Crippen LogP contribution in [0.4, 0.5) is 17.1 Å². The molecular weight excluding hydrogens is 681 g/mol. The van der Waals surface area contributed by atoms with E-state index in [2.05, 4.69) is 204 Å². The van der Waals surface area contributed by atoms with Gasteiger partial charge in [0.2, 0.25) is 0 Å². The zero-order chi connectivity index (χ0) is 37.0. The molecule has 0 atom stereocenters. The number of aromatic nitrogens is 3. The average Bonchev–Trinajstić information content (AvgIpc) is 3.54. The molecule has 11 rings (SSSR count). The maximum atomic E-state index is 5.17. The molecule has 0 bridgehead atoms. The fraction of sp³-hybridized carbons (Fsp3) is 0. The van der Waals surface area contributed by atoms with Crippen molar-refractivity contribution in [2.75, 3.05) is 4.90 Å². The van der Waals surface area contributed by atoms with Gasteiger partial charge in [0.15, 0.2) is 5.82 Å². The molecule has 262 valence electrons. The van der Waals surface area contributed by atoms with Gasteiger partial charge in [-0.1, -0.05) is 152 Å². The zero-order valence-corrected chi connectivity index (χ0v) is 30.4. The van der Waals surface area contributed by atoms with Crippen LogP contribution >= 0.6 is 0 Å². The van der Waals surface area contributed by atoms with Crippen LogP contribution in [0.25, 0.3) is 83.6 Å². The summed E-state index contributed by atoms with van der Waals surface area (Å²) in [5.41, 5.74) is 16.4. The smallest absolute Gasteiger partial charge is 0.160 e. The third kappa shape index (κ3) is 5.23. The number of nitrogens with zero attached hydrogens (tertiary/aromatic N) is 4. The molecule has 3 heterocycles. The second-order valence-corrected chi connectivity index (χ2v) is 14.2. The fourth-order valence-electron chi connectivity index (χ4n) is 8.39. The standard InChI is InChI=1S/C52H34N4/c1-4-17-35(18-5-1)46-34-47(36-19-6-2-7-20-36)54-52(53-46)37-21-16-24-39(31-37)56-49-30-15-13-28-43(49)45-33-50-44(32-51(45)56)41-26-11-10-25-40(41)42-27-12-14-29-48(42)55(50)38-22-8-3-9-23-38/h1-34H. The predicted molar refractivity (Wildman–Crippen MR) is 232 cm³/mol. The van der Waals surface area contributed by atoms with Gasteiger partial charge in [-0.2, -0.15) is 0 Å². The summed E-state index contributed by atoms with van der Waals surface area (Å²) in [5.74, 6) is 0.687. The molecule has 0 saturated heterocycles. The number of hydrogen-bond donors (Lipinski definition) is 0. The third-order valence-electron chi connectivity index (χ3n) is 10.9. The van der Waals surface area contributed by atoms with E-state index in [9.17, 15) is 0 Å². The maximum Gasteiger partial charge on any atom is 0.160 e. The van der Waals surface area contributed by atoms with Crippen LogP contribution in [0.15, 0.2) is 206 Å². The zero-order valence-electron chi connectivity index (χ0n) is 30.4. The predicted octanol–water partition coefficient (Wildman–Crippen LogP) is 13.7. The van der Waals surface area contributed by atoms with Gasteiger partial charge in [-0.05, 0) is 65.7 Å². The quantitative estimate of drug-likeness (QED) is 0.178. The van der Waals surface area contributed by atoms with Crippen LogP contribution in [-0.4, -0.2) is 14.5 Å². The van der Waals surface area contributed by atoms with E-state index in [-0.39, 0.29) is 0 Å². The van der Waals surface area contributed by atoms with Gasteiger partial charge in [0, 0.05) is 50.0 Å². The highest BCUT2D eigenvalue weighted by atomic mass is 15.2. The fourth-order valence-corrected chi connectivity index (χ4v) is 8.39. The summed E-state index contributed by atoms with van der Waals surface area (Å²) in [5, 5.41) is 2.39. The largest absolute Gasteiger partial charge is 0.309 e. The molecule has 0 spiro atoms. The van der Waals surface area contributed by atoms with Gasteiger partial charge in [0.1, 0.15) is 0 Å². The van der Waals surface area contributed by atoms with Crippen molar-refractivity contribution in [3.63, 3.8) is 0 Å². The number of hydrogen-bond acceptors (Lipinski definition) is 3. The average molecular weight is 715 g/mol. The molecule has 4 nitrogen and oxygen atoms in total. The number of benzene rings is 8. The van der Waals surface area contributed by atoms with Crippen molar-refractivity contribution in [3.05, 3.63) is 206 Å². The molecule has 1 aliphatic rings. The first kappa shape index (κ1) is 31.9. The minimum absolute atomic E-state index is 0.687. The highest BCUT2D eigenvalue weighted by Crippen LogP contribution is 2.52. The van der Waals surface area contributed by atoms with Crippen molar-refractivity contribution in [2.45, 2.75) is 0 Å². The Balaban J connectivity index is 1.16. The van der Waals surface area contributed by atoms with Crippen LogP contribution < -0.4 is 4.90 Å². The first-order chi connectivity index (χ1) is 27.8. The summed E-state index contributed by atoms with van der Waals surface area (Å²) in [6.07, 6.45) is 0. The SMILES string of the molecule is c1ccc(-c2cc(-c3ccccc3)nc(-c3cccc(-n4c5ccccc5c5cc6c(cc54)-c4ccccc4-c4ccccc4N6c4ccccc4)c3)n2)cc1. The van der Waals surface area contributed by atoms with E-state index in [4.69, 9.17) is 9.97 Å². The summed E-state index contributed by atoms with van der Waals surface area (Å²) in [4.78, 5) is 12.8. The van der Waals surface area contributed by atoms with E-state index in [1.807, 2.05) is 12.1 Å². The third-order valence-corrected chi connectivity index (χ3v) is 10.9. The molecule has 0 saturated carbocycles. The van der Waals surface area contributed by atoms with E-state index >= 15 is 0 Å². The molecule has 0 amide bonds. The summed E-state index contributed by atoms with van der Waals surface area (Å²) in [6, 6.07) is 73.3. The van der Waals surface area contributed by atoms with Gasteiger partial charge in [-0.15, -0.1) is 0 Å². The Kier molecular flexibility index (Phi) is 7.46. The second kappa shape index (κ2) is 13.1. The Labute approximate surface area is 325 Å². The molecule has 1 aliphatic heterocycles. The van der Waals surface area contributed by atoms with Crippen molar-refractivity contribution in [1.29, 1.82) is 0 Å². The van der Waals surface area contributed by atoms with Gasteiger partial charge in [-0.3, -0.25) is 0 Å². The van der Waals surface area contributed by atoms with Gasteiger partial charge in [0.05, 0.1) is 33.8 Å². The lowest BCUT2D eigenvalue weighted by Crippen LogP contribution is -2.10. The summed E-state index contributed by atoms with van der Waals surface area (Å²) < 4.78 is 2.40. The van der Waals surface area contributed by atoms with Crippen LogP contribution in [-0.2, 0) is 0 Å². The van der Waals surface area contributed by atoms with Crippen molar-refractivity contribution in [2.24, 2.45) is 0 Å². The number of anilines is 3. The van der Waals surface area contributed by atoms with Crippen molar-refractivity contribution >= 4 is 38.9 Å². The van der Waals surface area contributed by atoms with Gasteiger partial charge >= 0.3 is 0 Å². The molecule has 4 heteroatoms. The Hall–Kier alpha value is -7.56. The molecule has 0 aliphatic carbocycles. The molecule has 10 aromatic rings. The van der Waals surface area contributed by atoms with Crippen molar-refractivity contribution < 1.29 is 0 Å². The maximum absolute atomic E-state index is 5.17. The Morgan fingerprint density at radius 2 is 0.875 bits per heavy atom. The summed E-state index contributed by atoms with van der Waals surface area (Å²) in [7, 11) is 0. The molecule has 2 aromatic heterocycles. The molecule has 0 fully saturated rings. The minimum Gasteiger partial charge on any atom is -0.309 e. The second-order valence-electron chi connectivity index (χ2n) is 14.2. The number of rotatable bonds is 5. The Morgan fingerprint density at radius 3 is 1.59 bits per heavy atom. The van der Waals surface area contributed by atoms with E-state index in [0.29, 0.717) is 5.82 Å². The molecular formula is C52H34N4. The van der Waals surface area contributed by atoms with Crippen molar-refractivity contribution in [1.82, 2.24) is 14.5 Å². The summed E-state index contributed by atoms with van der Waals surface area (Å²) >= 11 is 0. The van der Waals surface area contributed by atoms with Gasteiger partial charge in [-0.25, -0.2) is 9.97 Å². The first-order valence-corrected chi connectivity index (χ1v) is 19.0. The first-order valence-electron chi connectivity index (χ1n) is 19.0. The van der Waals surface area contributed by atoms with Crippen LogP contribution in [0.2, 0.25) is 0 Å². The Morgan fingerprint density at radius 1 is 0.321 bits per heavy atom. The normalized spacial score (nSPS) is 11.9. The van der Waals surface area contributed by atoms with E-state index in [1.165, 1.54) is 33.0 Å². The molecule has 0 N–H and O–H groups in total. The number of para-hydroxylation sites is 3. The lowest BCUT2D eigenvalue weighted by atomic mass is 9.94. The Bertz CT molecular complexity index is 3020. The number of fused-ring (bicyclic) bond motifs is 8. The summed E-state index contributed by atoms with van der Waals surface area (Å²) in [6.45, 7) is 0.